The second-order valence-electron chi connectivity index (χ2n) is 2.76. The van der Waals surface area contributed by atoms with Gasteiger partial charge in [-0.2, -0.15) is 0 Å². The van der Waals surface area contributed by atoms with Gasteiger partial charge in [-0.1, -0.05) is 6.07 Å². The number of carbonyl (C=O) groups is 1. The number of aromatic nitrogens is 2. The van der Waals surface area contributed by atoms with Crippen LogP contribution >= 0.6 is 31.9 Å². The van der Waals surface area contributed by atoms with Crippen molar-refractivity contribution in [3.05, 3.63) is 33.2 Å². The lowest BCUT2D eigenvalue weighted by Gasteiger charge is -1.99. The standard InChI is InChI=1S/C9H6Br2N2O/c10-7-3-1-2-6-9(11)12-8(4-5-14)13(6)7/h1-3,5H,4H2. The highest BCUT2D eigenvalue weighted by atomic mass is 79.9. The number of imidazole rings is 1. The van der Waals surface area contributed by atoms with Crippen LogP contribution in [-0.4, -0.2) is 15.7 Å². The summed E-state index contributed by atoms with van der Waals surface area (Å²) < 4.78 is 3.55. The van der Waals surface area contributed by atoms with Crippen LogP contribution in [0.15, 0.2) is 27.4 Å². The van der Waals surface area contributed by atoms with E-state index < -0.39 is 0 Å². The Kier molecular flexibility index (Phi) is 2.69. The molecule has 0 atom stereocenters. The van der Waals surface area contributed by atoms with Gasteiger partial charge in [0.1, 0.15) is 16.7 Å². The Morgan fingerprint density at radius 3 is 2.93 bits per heavy atom. The third kappa shape index (κ3) is 1.50. The van der Waals surface area contributed by atoms with Crippen LogP contribution in [0, 0.1) is 0 Å². The van der Waals surface area contributed by atoms with Crippen molar-refractivity contribution in [1.82, 2.24) is 9.38 Å². The molecule has 5 heteroatoms. The molecule has 0 spiro atoms. The minimum absolute atomic E-state index is 0.315. The molecule has 14 heavy (non-hydrogen) atoms. The third-order valence-electron chi connectivity index (χ3n) is 1.90. The fourth-order valence-electron chi connectivity index (χ4n) is 1.34. The van der Waals surface area contributed by atoms with Gasteiger partial charge in [0.15, 0.2) is 0 Å². The second-order valence-corrected chi connectivity index (χ2v) is 4.32. The largest absolute Gasteiger partial charge is 0.303 e. The van der Waals surface area contributed by atoms with Gasteiger partial charge in [0.05, 0.1) is 16.5 Å². The van der Waals surface area contributed by atoms with E-state index in [9.17, 15) is 4.79 Å². The van der Waals surface area contributed by atoms with Crippen molar-refractivity contribution < 1.29 is 4.79 Å². The summed E-state index contributed by atoms with van der Waals surface area (Å²) in [6.45, 7) is 0. The molecule has 0 amide bonds. The van der Waals surface area contributed by atoms with Gasteiger partial charge in [0.25, 0.3) is 0 Å². The first-order valence-electron chi connectivity index (χ1n) is 3.99. The smallest absolute Gasteiger partial charge is 0.132 e. The van der Waals surface area contributed by atoms with Crippen LogP contribution in [0.2, 0.25) is 0 Å². The third-order valence-corrected chi connectivity index (χ3v) is 3.11. The molecular formula is C9H6Br2N2O. The molecule has 2 aromatic heterocycles. The van der Waals surface area contributed by atoms with Crippen molar-refractivity contribution in [3.63, 3.8) is 0 Å². The van der Waals surface area contributed by atoms with Crippen molar-refractivity contribution >= 4 is 43.7 Å². The van der Waals surface area contributed by atoms with Crippen molar-refractivity contribution in [3.8, 4) is 0 Å². The average molecular weight is 318 g/mol. The first-order chi connectivity index (χ1) is 6.74. The van der Waals surface area contributed by atoms with Crippen LogP contribution in [0.25, 0.3) is 5.52 Å². The zero-order valence-electron chi connectivity index (χ0n) is 7.08. The van der Waals surface area contributed by atoms with Gasteiger partial charge in [0, 0.05) is 0 Å². The summed E-state index contributed by atoms with van der Waals surface area (Å²) in [7, 11) is 0. The number of halogens is 2. The molecule has 2 heterocycles. The molecule has 0 fully saturated rings. The molecule has 0 bridgehead atoms. The topological polar surface area (TPSA) is 34.4 Å². The highest BCUT2D eigenvalue weighted by Crippen LogP contribution is 2.23. The summed E-state index contributed by atoms with van der Waals surface area (Å²) in [4.78, 5) is 14.7. The molecule has 0 radical (unpaired) electrons. The fourth-order valence-corrected chi connectivity index (χ4v) is 2.40. The van der Waals surface area contributed by atoms with Crippen LogP contribution in [0.1, 0.15) is 5.82 Å². The molecule has 0 unspecified atom stereocenters. The number of fused-ring (bicyclic) bond motifs is 1. The van der Waals surface area contributed by atoms with E-state index in [4.69, 9.17) is 0 Å². The molecule has 0 saturated carbocycles. The molecule has 0 N–H and O–H groups in total. The molecule has 2 aromatic rings. The van der Waals surface area contributed by atoms with Gasteiger partial charge in [-0.3, -0.25) is 4.40 Å². The summed E-state index contributed by atoms with van der Waals surface area (Å²) >= 11 is 6.77. The molecule has 72 valence electrons. The van der Waals surface area contributed by atoms with Gasteiger partial charge in [-0.25, -0.2) is 4.98 Å². The van der Waals surface area contributed by atoms with Crippen LogP contribution in [0.3, 0.4) is 0 Å². The lowest BCUT2D eigenvalue weighted by molar-refractivity contribution is -0.107. The van der Waals surface area contributed by atoms with Gasteiger partial charge in [-0.05, 0) is 44.0 Å². The number of nitrogens with zero attached hydrogens (tertiary/aromatic N) is 2. The Hall–Kier alpha value is -0.680. The van der Waals surface area contributed by atoms with Gasteiger partial charge in [0.2, 0.25) is 0 Å². The van der Waals surface area contributed by atoms with Gasteiger partial charge in [-0.15, -0.1) is 0 Å². The molecule has 0 aliphatic rings. The number of aldehydes is 1. The van der Waals surface area contributed by atoms with Crippen LogP contribution < -0.4 is 0 Å². The van der Waals surface area contributed by atoms with Gasteiger partial charge >= 0.3 is 0 Å². The summed E-state index contributed by atoms with van der Waals surface area (Å²) in [5.41, 5.74) is 0.955. The summed E-state index contributed by atoms with van der Waals surface area (Å²) in [5.74, 6) is 0.731. The maximum atomic E-state index is 10.5. The molecule has 0 aliphatic carbocycles. The summed E-state index contributed by atoms with van der Waals surface area (Å²) in [6, 6.07) is 5.78. The van der Waals surface area contributed by atoms with Crippen molar-refractivity contribution in [2.75, 3.05) is 0 Å². The van der Waals surface area contributed by atoms with E-state index in [-0.39, 0.29) is 0 Å². The van der Waals surface area contributed by atoms with E-state index in [2.05, 4.69) is 36.8 Å². The van der Waals surface area contributed by atoms with E-state index in [0.29, 0.717) is 6.42 Å². The highest BCUT2D eigenvalue weighted by molar-refractivity contribution is 9.11. The predicted octanol–water partition coefficient (Wildman–Crippen LogP) is 2.60. The fraction of sp³-hybridized carbons (Fsp3) is 0.111. The molecular weight excluding hydrogens is 312 g/mol. The minimum atomic E-state index is 0.315. The molecule has 0 saturated heterocycles. The van der Waals surface area contributed by atoms with E-state index >= 15 is 0 Å². The quantitative estimate of drug-likeness (QED) is 0.630. The number of rotatable bonds is 2. The minimum Gasteiger partial charge on any atom is -0.303 e. The van der Waals surface area contributed by atoms with E-state index in [1.54, 1.807) is 0 Å². The Labute approximate surface area is 97.4 Å². The van der Waals surface area contributed by atoms with E-state index in [1.165, 1.54) is 0 Å². The number of hydrogen-bond donors (Lipinski definition) is 0. The Balaban J connectivity index is 2.78. The zero-order valence-corrected chi connectivity index (χ0v) is 10.2. The summed E-state index contributed by atoms with van der Waals surface area (Å²) in [5, 5.41) is 0. The first kappa shape index (κ1) is 9.86. The Bertz CT molecular complexity index is 493. The SMILES string of the molecule is O=CCc1nc(Br)c2cccc(Br)n12. The number of hydrogen-bond acceptors (Lipinski definition) is 2. The maximum Gasteiger partial charge on any atom is 0.132 e. The molecule has 0 aliphatic heterocycles. The van der Waals surface area contributed by atoms with E-state index in [0.717, 1.165) is 26.8 Å². The molecule has 0 aromatic carbocycles. The molecule has 3 nitrogen and oxygen atoms in total. The summed E-state index contributed by atoms with van der Waals surface area (Å²) in [6.07, 6.45) is 1.16. The van der Waals surface area contributed by atoms with Crippen molar-refractivity contribution in [2.24, 2.45) is 0 Å². The zero-order chi connectivity index (χ0) is 10.1. The molecule has 2 rings (SSSR count). The lowest BCUT2D eigenvalue weighted by Crippen LogP contribution is -1.96. The first-order valence-corrected chi connectivity index (χ1v) is 5.57. The second kappa shape index (κ2) is 3.82. The highest BCUT2D eigenvalue weighted by Gasteiger charge is 2.09. The van der Waals surface area contributed by atoms with Crippen LogP contribution in [-0.2, 0) is 11.2 Å². The van der Waals surface area contributed by atoms with Crippen LogP contribution in [0.5, 0.6) is 0 Å². The van der Waals surface area contributed by atoms with Crippen LogP contribution in [0.4, 0.5) is 0 Å². The predicted molar refractivity (Wildman–Crippen MR) is 60.4 cm³/mol. The van der Waals surface area contributed by atoms with Gasteiger partial charge < -0.3 is 4.79 Å². The number of carbonyl (C=O) groups excluding carboxylic acids is 1. The number of pyridine rings is 1. The normalized spacial score (nSPS) is 10.7. The lowest BCUT2D eigenvalue weighted by atomic mass is 10.4. The van der Waals surface area contributed by atoms with E-state index in [1.807, 2.05) is 22.6 Å². The Morgan fingerprint density at radius 1 is 1.43 bits per heavy atom. The van der Waals surface area contributed by atoms with Crippen molar-refractivity contribution in [2.45, 2.75) is 6.42 Å². The Morgan fingerprint density at radius 2 is 2.21 bits per heavy atom. The monoisotopic (exact) mass is 316 g/mol. The van der Waals surface area contributed by atoms with Crippen molar-refractivity contribution in [1.29, 1.82) is 0 Å². The average Bonchev–Trinajstić information content (AvgIpc) is 2.46. The maximum absolute atomic E-state index is 10.5.